The molecule has 0 saturated carbocycles. The number of hydrogen-bond acceptors (Lipinski definition) is 2. The van der Waals surface area contributed by atoms with Crippen molar-refractivity contribution in [3.05, 3.63) is 29.6 Å². The van der Waals surface area contributed by atoms with Gasteiger partial charge < -0.3 is 10.2 Å². The van der Waals surface area contributed by atoms with E-state index < -0.39 is 17.2 Å². The van der Waals surface area contributed by atoms with Crippen LogP contribution in [0.15, 0.2) is 18.2 Å². The summed E-state index contributed by atoms with van der Waals surface area (Å²) in [5, 5.41) is 18.0. The maximum atomic E-state index is 13.3. The first-order chi connectivity index (χ1) is 6.83. The van der Waals surface area contributed by atoms with E-state index in [1.165, 1.54) is 26.0 Å². The zero-order valence-electron chi connectivity index (χ0n) is 8.62. The average molecular weight is 212 g/mol. The number of hydrogen-bond donors (Lipinski definition) is 2. The number of aliphatic carboxylic acids is 1. The molecule has 4 heteroatoms. The maximum absolute atomic E-state index is 13.3. The van der Waals surface area contributed by atoms with Gasteiger partial charge in [-0.1, -0.05) is 0 Å². The molecule has 0 saturated heterocycles. The number of benzene rings is 1. The first kappa shape index (κ1) is 11.5. The van der Waals surface area contributed by atoms with Crippen LogP contribution in [0.2, 0.25) is 0 Å². The van der Waals surface area contributed by atoms with Gasteiger partial charge in [0.25, 0.3) is 0 Å². The maximum Gasteiger partial charge on any atom is 0.309 e. The van der Waals surface area contributed by atoms with Gasteiger partial charge in [-0.25, -0.2) is 4.39 Å². The molecule has 0 amide bonds. The summed E-state index contributed by atoms with van der Waals surface area (Å²) >= 11 is 0. The van der Waals surface area contributed by atoms with Gasteiger partial charge in [0.2, 0.25) is 0 Å². The van der Waals surface area contributed by atoms with E-state index in [0.29, 0.717) is 0 Å². The van der Waals surface area contributed by atoms with Gasteiger partial charge in [-0.3, -0.25) is 4.79 Å². The smallest absolute Gasteiger partial charge is 0.309 e. The largest absolute Gasteiger partial charge is 0.508 e. The topological polar surface area (TPSA) is 57.5 Å². The van der Waals surface area contributed by atoms with Crippen molar-refractivity contribution in [2.45, 2.75) is 20.3 Å². The summed E-state index contributed by atoms with van der Waals surface area (Å²) in [7, 11) is 0. The van der Waals surface area contributed by atoms with E-state index in [2.05, 4.69) is 0 Å². The molecule has 3 nitrogen and oxygen atoms in total. The van der Waals surface area contributed by atoms with E-state index in [1.807, 2.05) is 0 Å². The number of carboxylic acids is 1. The lowest BCUT2D eigenvalue weighted by Gasteiger charge is -2.19. The summed E-state index contributed by atoms with van der Waals surface area (Å²) < 4.78 is 13.3. The molecule has 0 radical (unpaired) electrons. The molecule has 0 aliphatic heterocycles. The Morgan fingerprint density at radius 1 is 1.47 bits per heavy atom. The van der Waals surface area contributed by atoms with Crippen molar-refractivity contribution in [1.82, 2.24) is 0 Å². The lowest BCUT2D eigenvalue weighted by Crippen LogP contribution is -2.26. The molecule has 2 N–H and O–H groups in total. The second-order valence-electron chi connectivity index (χ2n) is 4.14. The Morgan fingerprint density at radius 3 is 2.60 bits per heavy atom. The van der Waals surface area contributed by atoms with Crippen molar-refractivity contribution in [3.8, 4) is 5.75 Å². The fourth-order valence-corrected chi connectivity index (χ4v) is 1.25. The second kappa shape index (κ2) is 3.88. The summed E-state index contributed by atoms with van der Waals surface area (Å²) in [6, 6.07) is 3.61. The number of carboxylic acid groups (broad SMARTS) is 1. The Hall–Kier alpha value is -1.58. The molecule has 1 rings (SSSR count). The number of phenolic OH excluding ortho intramolecular Hbond substituents is 1. The molecule has 0 aliphatic rings. The minimum atomic E-state index is -1.05. The van der Waals surface area contributed by atoms with Crippen LogP contribution in [0.1, 0.15) is 19.4 Å². The summed E-state index contributed by atoms with van der Waals surface area (Å²) in [5.41, 5.74) is -0.836. The standard InChI is InChI=1S/C11H13FO3/c1-11(2,10(14)15)6-7-5-8(13)3-4-9(7)12/h3-5,13H,6H2,1-2H3,(H,14,15). The second-order valence-corrected chi connectivity index (χ2v) is 4.14. The Bertz CT molecular complexity index is 385. The van der Waals surface area contributed by atoms with Gasteiger partial charge >= 0.3 is 5.97 Å². The van der Waals surface area contributed by atoms with E-state index >= 15 is 0 Å². The Balaban J connectivity index is 2.99. The molecule has 0 atom stereocenters. The first-order valence-corrected chi connectivity index (χ1v) is 4.54. The van der Waals surface area contributed by atoms with Crippen LogP contribution in [-0.4, -0.2) is 16.2 Å². The molecule has 1 aromatic rings. The monoisotopic (exact) mass is 212 g/mol. The molecule has 1 aromatic carbocycles. The van der Waals surface area contributed by atoms with Crippen molar-refractivity contribution < 1.29 is 19.4 Å². The van der Waals surface area contributed by atoms with Crippen LogP contribution in [-0.2, 0) is 11.2 Å². The predicted octanol–water partition coefficient (Wildman–Crippen LogP) is 2.18. The molecular weight excluding hydrogens is 199 g/mol. The Morgan fingerprint density at radius 2 is 2.07 bits per heavy atom. The van der Waals surface area contributed by atoms with E-state index in [1.54, 1.807) is 0 Å². The van der Waals surface area contributed by atoms with Crippen molar-refractivity contribution in [2.75, 3.05) is 0 Å². The van der Waals surface area contributed by atoms with Gasteiger partial charge in [0.05, 0.1) is 5.41 Å². The fraction of sp³-hybridized carbons (Fsp3) is 0.364. The lowest BCUT2D eigenvalue weighted by atomic mass is 9.86. The van der Waals surface area contributed by atoms with Crippen LogP contribution in [0.5, 0.6) is 5.75 Å². The molecule has 15 heavy (non-hydrogen) atoms. The zero-order chi connectivity index (χ0) is 11.6. The Kier molecular flexibility index (Phi) is 2.98. The van der Waals surface area contributed by atoms with Crippen LogP contribution >= 0.6 is 0 Å². The molecule has 82 valence electrons. The van der Waals surface area contributed by atoms with Crippen LogP contribution in [0, 0.1) is 11.2 Å². The van der Waals surface area contributed by atoms with Gasteiger partial charge in [-0.15, -0.1) is 0 Å². The third kappa shape index (κ3) is 2.68. The molecule has 0 aromatic heterocycles. The highest BCUT2D eigenvalue weighted by Crippen LogP contribution is 2.25. The zero-order valence-corrected chi connectivity index (χ0v) is 8.62. The molecule has 0 bridgehead atoms. The van der Waals surface area contributed by atoms with Crippen LogP contribution in [0.3, 0.4) is 0 Å². The first-order valence-electron chi connectivity index (χ1n) is 4.54. The van der Waals surface area contributed by atoms with Crippen LogP contribution < -0.4 is 0 Å². The minimum absolute atomic E-state index is 0.0442. The normalized spacial score (nSPS) is 11.4. The average Bonchev–Trinajstić information content (AvgIpc) is 2.10. The van der Waals surface area contributed by atoms with Gasteiger partial charge in [-0.2, -0.15) is 0 Å². The number of carbonyl (C=O) groups is 1. The van der Waals surface area contributed by atoms with Crippen molar-refractivity contribution >= 4 is 5.97 Å². The number of phenols is 1. The number of rotatable bonds is 3. The van der Waals surface area contributed by atoms with Crippen LogP contribution in [0.4, 0.5) is 4.39 Å². The summed E-state index contributed by atoms with van der Waals surface area (Å²) in [4.78, 5) is 10.8. The Labute approximate surface area is 87.2 Å². The molecule has 0 aliphatic carbocycles. The molecule has 0 spiro atoms. The lowest BCUT2D eigenvalue weighted by molar-refractivity contribution is -0.146. The molecule has 0 fully saturated rings. The molecular formula is C11H13FO3. The van der Waals surface area contributed by atoms with E-state index in [4.69, 9.17) is 10.2 Å². The van der Waals surface area contributed by atoms with Gasteiger partial charge in [0.1, 0.15) is 11.6 Å². The molecule has 0 heterocycles. The minimum Gasteiger partial charge on any atom is -0.508 e. The number of aromatic hydroxyl groups is 1. The van der Waals surface area contributed by atoms with Gasteiger partial charge in [-0.05, 0) is 44.0 Å². The third-order valence-corrected chi connectivity index (χ3v) is 2.24. The number of halogens is 1. The predicted molar refractivity (Wildman–Crippen MR) is 53.2 cm³/mol. The highest BCUT2D eigenvalue weighted by atomic mass is 19.1. The van der Waals surface area contributed by atoms with Crippen molar-refractivity contribution in [1.29, 1.82) is 0 Å². The van der Waals surface area contributed by atoms with E-state index in [9.17, 15) is 9.18 Å². The SMILES string of the molecule is CC(C)(Cc1cc(O)ccc1F)C(=O)O. The van der Waals surface area contributed by atoms with Crippen molar-refractivity contribution in [2.24, 2.45) is 5.41 Å². The highest BCUT2D eigenvalue weighted by molar-refractivity contribution is 5.74. The van der Waals surface area contributed by atoms with E-state index in [-0.39, 0.29) is 17.7 Å². The summed E-state index contributed by atoms with van der Waals surface area (Å²) in [5.74, 6) is -1.56. The van der Waals surface area contributed by atoms with Gasteiger partial charge in [0, 0.05) is 0 Å². The summed E-state index contributed by atoms with van der Waals surface area (Å²) in [6.45, 7) is 3.03. The van der Waals surface area contributed by atoms with Crippen LogP contribution in [0.25, 0.3) is 0 Å². The molecule has 0 unspecified atom stereocenters. The highest BCUT2D eigenvalue weighted by Gasteiger charge is 2.28. The van der Waals surface area contributed by atoms with E-state index in [0.717, 1.165) is 6.07 Å². The quantitative estimate of drug-likeness (QED) is 0.807. The van der Waals surface area contributed by atoms with Crippen molar-refractivity contribution in [3.63, 3.8) is 0 Å². The van der Waals surface area contributed by atoms with Gasteiger partial charge in [0.15, 0.2) is 0 Å². The third-order valence-electron chi connectivity index (χ3n) is 2.24. The summed E-state index contributed by atoms with van der Waals surface area (Å²) in [6.07, 6.45) is 0.0442. The fourth-order valence-electron chi connectivity index (χ4n) is 1.25.